The molecule has 0 fully saturated rings. The Morgan fingerprint density at radius 2 is 0.932 bits per heavy atom. The number of fused-ring (bicyclic) bond motifs is 2. The molecule has 390 valence electrons. The Hall–Kier alpha value is -5.94. The van der Waals surface area contributed by atoms with Gasteiger partial charge in [0.25, 0.3) is 0 Å². The number of hydrogen-bond acceptors (Lipinski definition) is 10. The number of amides is 4. The molecule has 2 aliphatic rings. The predicted molar refractivity (Wildman–Crippen MR) is 295 cm³/mol. The summed E-state index contributed by atoms with van der Waals surface area (Å²) in [7, 11) is 2.66. The van der Waals surface area contributed by atoms with Gasteiger partial charge in [-0.3, -0.25) is 19.0 Å². The number of carbonyl (C=O) groups is 4. The summed E-state index contributed by atoms with van der Waals surface area (Å²) in [5.74, 6) is -0.287. The molecule has 0 saturated heterocycles. The van der Waals surface area contributed by atoms with E-state index in [4.69, 9.17) is 42.9 Å². The van der Waals surface area contributed by atoms with Crippen LogP contribution in [0.15, 0.2) is 121 Å². The molecule has 2 N–H and O–H groups in total. The summed E-state index contributed by atoms with van der Waals surface area (Å²) in [5, 5.41) is 17.0. The zero-order valence-corrected chi connectivity index (χ0v) is 45.8. The smallest absolute Gasteiger partial charge is 0.408 e. The van der Waals surface area contributed by atoms with Crippen LogP contribution in [0.5, 0.6) is 0 Å². The van der Waals surface area contributed by atoms with Gasteiger partial charge in [0.1, 0.15) is 23.3 Å². The lowest BCUT2D eigenvalue weighted by Crippen LogP contribution is -2.54. The molecule has 0 aliphatic carbocycles. The summed E-state index contributed by atoms with van der Waals surface area (Å²) in [5.41, 5.74) is 5.77. The third-order valence-corrected chi connectivity index (χ3v) is 15.6. The average molecular weight is 1080 g/mol. The van der Waals surface area contributed by atoms with Crippen molar-refractivity contribution in [3.8, 4) is 22.5 Å². The van der Waals surface area contributed by atoms with Crippen LogP contribution in [0, 0.1) is 0 Å². The van der Waals surface area contributed by atoms with Crippen LogP contribution >= 0.6 is 44.8 Å². The molecule has 2 aromatic heterocycles. The molecule has 0 spiro atoms. The minimum Gasteiger partial charge on any atom is -0.444 e. The van der Waals surface area contributed by atoms with E-state index in [0.29, 0.717) is 61.9 Å². The van der Waals surface area contributed by atoms with Crippen molar-refractivity contribution in [3.63, 3.8) is 0 Å². The summed E-state index contributed by atoms with van der Waals surface area (Å²) >= 11 is 12.5. The molecule has 4 atom stereocenters. The maximum Gasteiger partial charge on any atom is 0.408 e. The maximum absolute atomic E-state index is 15.1. The highest BCUT2D eigenvalue weighted by Crippen LogP contribution is 2.37. The molecule has 4 heterocycles. The molecule has 4 amide bonds. The van der Waals surface area contributed by atoms with Gasteiger partial charge in [-0.1, -0.05) is 130 Å². The first-order chi connectivity index (χ1) is 35.4. The molecule has 0 saturated carbocycles. The number of carbonyl (C=O) groups excluding carboxylic acids is 4. The SMILES string of the molecule is CC(C)(C)OC(=O)N[C@@H](CSSC[C@H](NC(=O)OC(C)(C)C)C(=O)N1CCn2nc(-c3ccc(Cl)cc3)cc2C1CCc1ccccc1)C(=O)N1CCn2nc(-c3ccc(Cl)cc3)cc2C1CCc1ccccc1. The van der Waals surface area contributed by atoms with Crippen molar-refractivity contribution < 1.29 is 28.7 Å². The van der Waals surface area contributed by atoms with E-state index in [1.54, 1.807) is 41.5 Å². The number of hydrogen-bond donors (Lipinski definition) is 2. The van der Waals surface area contributed by atoms with Gasteiger partial charge in [0.2, 0.25) is 11.8 Å². The van der Waals surface area contributed by atoms with Crippen molar-refractivity contribution in [2.45, 2.75) is 116 Å². The van der Waals surface area contributed by atoms with Crippen molar-refractivity contribution >= 4 is 68.8 Å². The number of nitrogens with one attached hydrogen (secondary N) is 2. The maximum atomic E-state index is 15.1. The largest absolute Gasteiger partial charge is 0.444 e. The molecule has 8 rings (SSSR count). The zero-order valence-electron chi connectivity index (χ0n) is 42.6. The third kappa shape index (κ3) is 14.5. The Morgan fingerprint density at radius 3 is 1.28 bits per heavy atom. The van der Waals surface area contributed by atoms with Gasteiger partial charge < -0.3 is 29.9 Å². The number of benzene rings is 4. The Balaban J connectivity index is 1.04. The van der Waals surface area contributed by atoms with Crippen LogP contribution in [0.1, 0.15) is 89.0 Å². The summed E-state index contributed by atoms with van der Waals surface area (Å²) in [6.07, 6.45) is 1.16. The molecule has 4 aromatic carbocycles. The summed E-state index contributed by atoms with van der Waals surface area (Å²) in [6.45, 7) is 12.2. The number of ether oxygens (including phenoxy) is 2. The second kappa shape index (κ2) is 24.2. The number of halogens is 2. The van der Waals surface area contributed by atoms with Gasteiger partial charge in [0, 0.05) is 45.8 Å². The average Bonchev–Trinajstić information content (AvgIpc) is 4.01. The van der Waals surface area contributed by atoms with Crippen molar-refractivity contribution in [2.75, 3.05) is 24.6 Å². The van der Waals surface area contributed by atoms with Crippen LogP contribution in [0.3, 0.4) is 0 Å². The first-order valence-electron chi connectivity index (χ1n) is 25.0. The third-order valence-electron chi connectivity index (χ3n) is 12.6. The Kier molecular flexibility index (Phi) is 17.7. The van der Waals surface area contributed by atoms with Crippen LogP contribution in [-0.4, -0.2) is 101 Å². The van der Waals surface area contributed by atoms with Crippen molar-refractivity contribution in [2.24, 2.45) is 0 Å². The topological polar surface area (TPSA) is 153 Å². The first kappa shape index (κ1) is 54.3. The highest BCUT2D eigenvalue weighted by Gasteiger charge is 2.39. The molecule has 0 bridgehead atoms. The van der Waals surface area contributed by atoms with Crippen LogP contribution in [-0.2, 0) is 45.0 Å². The van der Waals surface area contributed by atoms with Crippen molar-refractivity contribution in [3.05, 3.63) is 154 Å². The van der Waals surface area contributed by atoms with Crippen LogP contribution in [0.25, 0.3) is 22.5 Å². The van der Waals surface area contributed by atoms with Crippen molar-refractivity contribution in [1.29, 1.82) is 0 Å². The molecule has 2 aliphatic heterocycles. The number of rotatable bonds is 17. The van der Waals surface area contributed by atoms with E-state index in [1.165, 1.54) is 21.6 Å². The number of nitrogens with zero attached hydrogens (tertiary/aromatic N) is 6. The number of aryl methyl sites for hydroxylation is 2. The lowest BCUT2D eigenvalue weighted by Gasteiger charge is -2.38. The second-order valence-electron chi connectivity index (χ2n) is 20.5. The van der Waals surface area contributed by atoms with Crippen LogP contribution in [0.4, 0.5) is 9.59 Å². The Bertz CT molecular complexity index is 2680. The van der Waals surface area contributed by atoms with Crippen molar-refractivity contribution in [1.82, 2.24) is 40.0 Å². The fourth-order valence-corrected chi connectivity index (χ4v) is 11.8. The summed E-state index contributed by atoms with van der Waals surface area (Å²) in [4.78, 5) is 61.1. The summed E-state index contributed by atoms with van der Waals surface area (Å²) < 4.78 is 15.4. The number of alkyl carbamates (subject to hydrolysis) is 2. The fourth-order valence-electron chi connectivity index (χ4n) is 9.23. The van der Waals surface area contributed by atoms with E-state index in [1.807, 2.05) is 116 Å². The Labute approximate surface area is 451 Å². The quantitative estimate of drug-likeness (QED) is 0.0667. The minimum atomic E-state index is -1.01. The van der Waals surface area contributed by atoms with Gasteiger partial charge in [-0.05, 0) is 115 Å². The van der Waals surface area contributed by atoms with Gasteiger partial charge in [-0.2, -0.15) is 10.2 Å². The highest BCUT2D eigenvalue weighted by molar-refractivity contribution is 8.76. The zero-order chi connectivity index (χ0) is 52.6. The molecule has 18 heteroatoms. The van der Waals surface area contributed by atoms with Gasteiger partial charge >= 0.3 is 12.2 Å². The lowest BCUT2D eigenvalue weighted by atomic mass is 9.98. The van der Waals surface area contributed by atoms with E-state index in [-0.39, 0.29) is 35.4 Å². The normalized spacial score (nSPS) is 16.4. The molecular formula is C56H64Cl2N8O6S2. The van der Waals surface area contributed by atoms with Gasteiger partial charge in [0.05, 0.1) is 47.9 Å². The first-order valence-corrected chi connectivity index (χ1v) is 28.2. The Morgan fingerprint density at radius 1 is 0.568 bits per heavy atom. The number of aromatic nitrogens is 4. The second-order valence-corrected chi connectivity index (χ2v) is 23.9. The fraction of sp³-hybridized carbons (Fsp3) is 0.393. The highest BCUT2D eigenvalue weighted by atomic mass is 35.5. The van der Waals surface area contributed by atoms with Gasteiger partial charge in [-0.25, -0.2) is 9.59 Å². The molecule has 0 radical (unpaired) electrons. The molecule has 6 aromatic rings. The lowest BCUT2D eigenvalue weighted by molar-refractivity contribution is -0.137. The predicted octanol–water partition coefficient (Wildman–Crippen LogP) is 11.6. The minimum absolute atomic E-state index is 0.128. The molecule has 74 heavy (non-hydrogen) atoms. The summed E-state index contributed by atoms with van der Waals surface area (Å²) in [6, 6.07) is 36.6. The van der Waals surface area contributed by atoms with E-state index in [9.17, 15) is 9.59 Å². The monoisotopic (exact) mass is 1080 g/mol. The van der Waals surface area contributed by atoms with Crippen LogP contribution < -0.4 is 10.6 Å². The van der Waals surface area contributed by atoms with E-state index in [0.717, 1.165) is 45.0 Å². The van der Waals surface area contributed by atoms with E-state index in [2.05, 4.69) is 34.9 Å². The van der Waals surface area contributed by atoms with Gasteiger partial charge in [-0.15, -0.1) is 0 Å². The van der Waals surface area contributed by atoms with Gasteiger partial charge in [0.15, 0.2) is 0 Å². The molecule has 2 unspecified atom stereocenters. The van der Waals surface area contributed by atoms with E-state index < -0.39 is 35.5 Å². The molecule has 14 nitrogen and oxygen atoms in total. The van der Waals surface area contributed by atoms with E-state index >= 15 is 9.59 Å². The van der Waals surface area contributed by atoms with Crippen LogP contribution in [0.2, 0.25) is 10.0 Å². The molecular weight excluding hydrogens is 1020 g/mol. The standard InChI is InChI=1S/C56H64Cl2N8O6S2/c1-55(2,3)71-53(69)59-45(51(67)63-29-31-65-49(47(63)27-17-37-13-9-7-10-14-37)33-43(61-65)39-19-23-41(57)24-20-39)35-73-74-36-46(60-54(70)72-56(4,5)6)52(68)64-30-32-66-50(48(64)28-18-38-15-11-8-12-16-38)34-44(62-66)40-21-25-42(58)26-22-40/h7-16,19-26,33-34,45-48H,17-18,27-32,35-36H2,1-6H3,(H,59,69)(H,60,70)/t45-,46-,47?,48?/m0/s1.